The number of imidazole rings is 1. The molecular formula is C33H51N5O2. The van der Waals surface area contributed by atoms with Crippen LogP contribution in [0.25, 0.3) is 5.65 Å². The standard InChI is InChI=1S/C20H23N5O.C13H28O/c1-4-13(2)16-7-9-21-19-17(16)8-10-25(19)20(26)23-15-5-6-18-22-14(3)11-24(18)12-15;1-5-9-11-13(8-4,10-6-2)14-12-7-3/h5-7,9,11-13H,4,8,10H2,1-3H3,(H,23,26);5-12H2,1-4H3. The minimum absolute atomic E-state index is 0.145. The van der Waals surface area contributed by atoms with Crippen molar-refractivity contribution < 1.29 is 9.53 Å². The maximum Gasteiger partial charge on any atom is 0.327 e. The second kappa shape index (κ2) is 15.2. The van der Waals surface area contributed by atoms with Crippen LogP contribution in [0.5, 0.6) is 0 Å². The van der Waals surface area contributed by atoms with Gasteiger partial charge in [0.05, 0.1) is 17.0 Å². The summed E-state index contributed by atoms with van der Waals surface area (Å²) in [6, 6.07) is 5.72. The van der Waals surface area contributed by atoms with Crippen LogP contribution >= 0.6 is 0 Å². The van der Waals surface area contributed by atoms with Gasteiger partial charge in [-0.1, -0.05) is 60.8 Å². The van der Waals surface area contributed by atoms with Crippen molar-refractivity contribution in [2.75, 3.05) is 23.4 Å². The molecule has 1 aliphatic rings. The van der Waals surface area contributed by atoms with Crippen LogP contribution in [0.3, 0.4) is 0 Å². The van der Waals surface area contributed by atoms with Crippen LogP contribution < -0.4 is 10.2 Å². The van der Waals surface area contributed by atoms with Crippen molar-refractivity contribution in [3.8, 4) is 0 Å². The van der Waals surface area contributed by atoms with Crippen LogP contribution in [0, 0.1) is 6.92 Å². The van der Waals surface area contributed by atoms with E-state index in [1.165, 1.54) is 49.7 Å². The SMILES string of the molecule is CCC(C)c1ccnc2c1CCN2C(=O)Nc1ccc2nc(C)cn2c1.CCCCC(CC)(CCC)OCCC. The molecule has 0 saturated heterocycles. The van der Waals surface area contributed by atoms with E-state index in [1.807, 2.05) is 42.0 Å². The number of nitrogens with one attached hydrogen (secondary N) is 1. The molecule has 2 unspecified atom stereocenters. The number of nitrogens with zero attached hydrogens (tertiary/aromatic N) is 4. The fourth-order valence-corrected chi connectivity index (χ4v) is 5.57. The van der Waals surface area contributed by atoms with Crippen LogP contribution in [0.1, 0.15) is 116 Å². The molecular weight excluding hydrogens is 498 g/mol. The number of amides is 2. The molecule has 0 spiro atoms. The number of hydrogen-bond donors (Lipinski definition) is 1. The Balaban J connectivity index is 0.000000270. The summed E-state index contributed by atoms with van der Waals surface area (Å²) < 4.78 is 7.99. The van der Waals surface area contributed by atoms with Gasteiger partial charge in [-0.3, -0.25) is 4.90 Å². The van der Waals surface area contributed by atoms with Gasteiger partial charge in [0.25, 0.3) is 0 Å². The third-order valence-electron chi connectivity index (χ3n) is 8.07. The molecule has 0 radical (unpaired) electrons. The molecule has 1 aliphatic heterocycles. The van der Waals surface area contributed by atoms with Gasteiger partial charge in [-0.05, 0) is 75.1 Å². The Labute approximate surface area is 241 Å². The van der Waals surface area contributed by atoms with Crippen molar-refractivity contribution >= 4 is 23.2 Å². The van der Waals surface area contributed by atoms with Crippen LogP contribution in [0.4, 0.5) is 16.3 Å². The second-order valence-corrected chi connectivity index (χ2v) is 11.1. The van der Waals surface area contributed by atoms with Crippen molar-refractivity contribution in [1.29, 1.82) is 0 Å². The van der Waals surface area contributed by atoms with Crippen LogP contribution in [-0.2, 0) is 11.2 Å². The molecule has 3 aromatic rings. The molecule has 7 nitrogen and oxygen atoms in total. The van der Waals surface area contributed by atoms with Gasteiger partial charge in [-0.25, -0.2) is 14.8 Å². The number of unbranched alkanes of at least 4 members (excludes halogenated alkanes) is 1. The largest absolute Gasteiger partial charge is 0.375 e. The summed E-state index contributed by atoms with van der Waals surface area (Å²) in [7, 11) is 0. The van der Waals surface area contributed by atoms with E-state index >= 15 is 0 Å². The minimum atomic E-state index is -0.145. The second-order valence-electron chi connectivity index (χ2n) is 11.1. The van der Waals surface area contributed by atoms with Crippen molar-refractivity contribution in [3.05, 3.63) is 53.6 Å². The summed E-state index contributed by atoms with van der Waals surface area (Å²) in [5, 5.41) is 2.99. The molecule has 0 fully saturated rings. The van der Waals surface area contributed by atoms with Crippen molar-refractivity contribution in [2.45, 2.75) is 118 Å². The number of pyridine rings is 2. The number of aromatic nitrogens is 3. The van der Waals surface area contributed by atoms with E-state index in [9.17, 15) is 4.79 Å². The number of carbonyl (C=O) groups is 1. The number of hydrogen-bond acceptors (Lipinski definition) is 4. The molecule has 4 rings (SSSR count). The quantitative estimate of drug-likeness (QED) is 0.245. The van der Waals surface area contributed by atoms with Crippen LogP contribution in [0.2, 0.25) is 0 Å². The van der Waals surface area contributed by atoms with Crippen LogP contribution in [0.15, 0.2) is 36.8 Å². The van der Waals surface area contributed by atoms with Crippen molar-refractivity contribution in [1.82, 2.24) is 14.4 Å². The fourth-order valence-electron chi connectivity index (χ4n) is 5.57. The first kappa shape index (κ1) is 31.6. The molecule has 4 heterocycles. The zero-order valence-corrected chi connectivity index (χ0v) is 25.9. The number of anilines is 2. The molecule has 220 valence electrons. The average Bonchev–Trinajstić information content (AvgIpc) is 3.57. The smallest absolute Gasteiger partial charge is 0.327 e. The van der Waals surface area contributed by atoms with E-state index in [2.05, 4.69) is 62.9 Å². The lowest BCUT2D eigenvalue weighted by molar-refractivity contribution is -0.0619. The number of ether oxygens (including phenoxy) is 1. The summed E-state index contributed by atoms with van der Waals surface area (Å²) in [6.45, 7) is 16.9. The van der Waals surface area contributed by atoms with E-state index in [4.69, 9.17) is 4.74 Å². The first-order valence-corrected chi connectivity index (χ1v) is 15.5. The first-order chi connectivity index (χ1) is 19.3. The Hall–Kier alpha value is -2.93. The fraction of sp³-hybridized carbons (Fsp3) is 0.606. The molecule has 2 amide bonds. The Bertz CT molecular complexity index is 1210. The average molecular weight is 550 g/mol. The predicted molar refractivity (Wildman–Crippen MR) is 167 cm³/mol. The molecule has 0 aromatic carbocycles. The van der Waals surface area contributed by atoms with Gasteiger partial charge in [0.1, 0.15) is 11.5 Å². The normalized spacial score (nSPS) is 14.8. The molecule has 40 heavy (non-hydrogen) atoms. The number of carbonyl (C=O) groups excluding carboxylic acids is 1. The van der Waals surface area contributed by atoms with Gasteiger partial charge < -0.3 is 14.5 Å². The van der Waals surface area contributed by atoms with Gasteiger partial charge in [0.15, 0.2) is 0 Å². The van der Waals surface area contributed by atoms with E-state index in [-0.39, 0.29) is 11.6 Å². The summed E-state index contributed by atoms with van der Waals surface area (Å²) >= 11 is 0. The lowest BCUT2D eigenvalue weighted by Gasteiger charge is -2.33. The van der Waals surface area contributed by atoms with Gasteiger partial charge in [0.2, 0.25) is 0 Å². The van der Waals surface area contributed by atoms with E-state index in [0.29, 0.717) is 12.5 Å². The van der Waals surface area contributed by atoms with Crippen molar-refractivity contribution in [3.63, 3.8) is 0 Å². The Kier molecular flexibility index (Phi) is 12.0. The number of rotatable bonds is 12. The van der Waals surface area contributed by atoms with E-state index < -0.39 is 0 Å². The number of fused-ring (bicyclic) bond motifs is 2. The zero-order valence-electron chi connectivity index (χ0n) is 25.9. The lowest BCUT2D eigenvalue weighted by Crippen LogP contribution is -2.33. The first-order valence-electron chi connectivity index (χ1n) is 15.5. The highest BCUT2D eigenvalue weighted by molar-refractivity contribution is 6.02. The monoisotopic (exact) mass is 549 g/mol. The highest BCUT2D eigenvalue weighted by atomic mass is 16.5. The summed E-state index contributed by atoms with van der Waals surface area (Å²) in [6.07, 6.45) is 16.2. The van der Waals surface area contributed by atoms with Gasteiger partial charge in [0, 0.05) is 37.3 Å². The van der Waals surface area contributed by atoms with Gasteiger partial charge >= 0.3 is 6.03 Å². The molecule has 0 saturated carbocycles. The number of aryl methyl sites for hydroxylation is 1. The summed E-state index contributed by atoms with van der Waals surface area (Å²) in [5.74, 6) is 1.27. The molecule has 0 bridgehead atoms. The molecule has 0 aliphatic carbocycles. The Morgan fingerprint density at radius 1 is 1.07 bits per heavy atom. The lowest BCUT2D eigenvalue weighted by atomic mass is 9.89. The van der Waals surface area contributed by atoms with Gasteiger partial charge in [-0.15, -0.1) is 0 Å². The van der Waals surface area contributed by atoms with E-state index in [0.717, 1.165) is 48.7 Å². The maximum atomic E-state index is 12.8. The minimum Gasteiger partial charge on any atom is -0.375 e. The highest BCUT2D eigenvalue weighted by Crippen LogP contribution is 2.34. The Morgan fingerprint density at radius 2 is 1.88 bits per heavy atom. The third-order valence-corrected chi connectivity index (χ3v) is 8.07. The molecule has 2 atom stereocenters. The zero-order chi connectivity index (χ0) is 29.1. The summed E-state index contributed by atoms with van der Waals surface area (Å²) in [4.78, 5) is 23.4. The van der Waals surface area contributed by atoms with Gasteiger partial charge in [-0.2, -0.15) is 0 Å². The van der Waals surface area contributed by atoms with Crippen molar-refractivity contribution in [2.24, 2.45) is 0 Å². The maximum absolute atomic E-state index is 12.8. The topological polar surface area (TPSA) is 71.8 Å². The highest BCUT2D eigenvalue weighted by Gasteiger charge is 2.29. The predicted octanol–water partition coefficient (Wildman–Crippen LogP) is 8.70. The summed E-state index contributed by atoms with van der Waals surface area (Å²) in [5.41, 5.74) is 5.27. The Morgan fingerprint density at radius 3 is 2.55 bits per heavy atom. The molecule has 3 aromatic heterocycles. The molecule has 7 heteroatoms. The van der Waals surface area contributed by atoms with Crippen LogP contribution in [-0.4, -0.2) is 39.2 Å². The number of urea groups is 1. The third kappa shape index (κ3) is 7.84. The molecule has 1 N–H and O–H groups in total. The van der Waals surface area contributed by atoms with E-state index in [1.54, 1.807) is 4.90 Å².